The summed E-state index contributed by atoms with van der Waals surface area (Å²) in [6.07, 6.45) is 0.794. The fraction of sp³-hybridized carbons (Fsp3) is 0.308. The number of rotatable bonds is 3. The molecule has 0 aliphatic heterocycles. The van der Waals surface area contributed by atoms with Crippen molar-refractivity contribution >= 4 is 27.9 Å². The van der Waals surface area contributed by atoms with Crippen LogP contribution >= 0.6 is 22.9 Å². The van der Waals surface area contributed by atoms with Crippen LogP contribution in [0.25, 0.3) is 4.96 Å². The Kier molecular flexibility index (Phi) is 3.24. The molecule has 3 rings (SSSR count). The topological polar surface area (TPSA) is 43.1 Å². The highest BCUT2D eigenvalue weighted by molar-refractivity contribution is 7.16. The lowest BCUT2D eigenvalue weighted by molar-refractivity contribution is 0.719. The summed E-state index contributed by atoms with van der Waals surface area (Å²) in [7, 11) is 0. The third-order valence-electron chi connectivity index (χ3n) is 2.84. The van der Waals surface area contributed by atoms with Gasteiger partial charge in [-0.3, -0.25) is 0 Å². The summed E-state index contributed by atoms with van der Waals surface area (Å²) >= 11 is 7.46. The van der Waals surface area contributed by atoms with Crippen LogP contribution in [-0.2, 0) is 6.42 Å². The van der Waals surface area contributed by atoms with Crippen LogP contribution in [0, 0.1) is 0 Å². The maximum atomic E-state index is 5.88. The van der Waals surface area contributed by atoms with Crippen molar-refractivity contribution in [1.29, 1.82) is 0 Å². The van der Waals surface area contributed by atoms with E-state index in [-0.39, 0.29) is 0 Å². The van der Waals surface area contributed by atoms with Crippen LogP contribution in [0.1, 0.15) is 36.2 Å². The van der Waals surface area contributed by atoms with Crippen molar-refractivity contribution in [3.8, 4) is 0 Å². The van der Waals surface area contributed by atoms with Crippen molar-refractivity contribution in [2.24, 2.45) is 0 Å². The monoisotopic (exact) mass is 292 g/mol. The lowest BCUT2D eigenvalue weighted by Crippen LogP contribution is -1.99. The van der Waals surface area contributed by atoms with Crippen LogP contribution in [0.15, 0.2) is 24.3 Å². The van der Waals surface area contributed by atoms with Crippen LogP contribution in [-0.4, -0.2) is 19.8 Å². The van der Waals surface area contributed by atoms with E-state index in [1.165, 1.54) is 5.56 Å². The molecule has 4 nitrogen and oxygen atoms in total. The lowest BCUT2D eigenvalue weighted by Gasteiger charge is -1.99. The number of halogens is 1. The average molecular weight is 293 g/mol. The number of hydrogen-bond acceptors (Lipinski definition) is 4. The molecule has 0 aliphatic carbocycles. The summed E-state index contributed by atoms with van der Waals surface area (Å²) in [5.41, 5.74) is 1.19. The molecule has 0 fully saturated rings. The van der Waals surface area contributed by atoms with Crippen LogP contribution in [0.2, 0.25) is 5.02 Å². The molecule has 0 saturated carbocycles. The van der Waals surface area contributed by atoms with Gasteiger partial charge in [0.2, 0.25) is 4.96 Å². The van der Waals surface area contributed by atoms with E-state index in [0.717, 1.165) is 27.2 Å². The largest absolute Gasteiger partial charge is 0.234 e. The molecule has 0 amide bonds. The van der Waals surface area contributed by atoms with Crippen LogP contribution in [0.3, 0.4) is 0 Å². The summed E-state index contributed by atoms with van der Waals surface area (Å²) in [6, 6.07) is 7.84. The van der Waals surface area contributed by atoms with Crippen LogP contribution in [0.4, 0.5) is 0 Å². The average Bonchev–Trinajstić information content (AvgIpc) is 2.91. The van der Waals surface area contributed by atoms with Gasteiger partial charge in [0.15, 0.2) is 5.82 Å². The summed E-state index contributed by atoms with van der Waals surface area (Å²) in [5, 5.41) is 14.7. The molecule has 0 N–H and O–H groups in total. The Bertz CT molecular complexity index is 699. The lowest BCUT2D eigenvalue weighted by atomic mass is 10.2. The van der Waals surface area contributed by atoms with Gasteiger partial charge in [0.25, 0.3) is 0 Å². The van der Waals surface area contributed by atoms with Gasteiger partial charge in [0.05, 0.1) is 0 Å². The maximum absolute atomic E-state index is 5.88. The Balaban J connectivity index is 1.91. The molecule has 1 aromatic carbocycles. The fourth-order valence-electron chi connectivity index (χ4n) is 1.88. The second kappa shape index (κ2) is 4.90. The zero-order valence-electron chi connectivity index (χ0n) is 10.7. The van der Waals surface area contributed by atoms with E-state index in [4.69, 9.17) is 11.6 Å². The molecule has 0 spiro atoms. The molecule has 98 valence electrons. The first-order valence-electron chi connectivity index (χ1n) is 6.09. The smallest absolute Gasteiger partial charge is 0.187 e. The second-order valence-electron chi connectivity index (χ2n) is 4.71. The Hall–Kier alpha value is -1.46. The molecule has 0 radical (unpaired) electrons. The van der Waals surface area contributed by atoms with Gasteiger partial charge in [-0.25, -0.2) is 0 Å². The van der Waals surface area contributed by atoms with Crippen LogP contribution < -0.4 is 0 Å². The molecule has 0 unspecified atom stereocenters. The van der Waals surface area contributed by atoms with E-state index >= 15 is 0 Å². The minimum absolute atomic E-state index is 0.320. The molecule has 3 aromatic rings. The molecule has 2 aromatic heterocycles. The van der Waals surface area contributed by atoms with E-state index in [1.807, 2.05) is 28.8 Å². The number of nitrogens with zero attached hydrogens (tertiary/aromatic N) is 4. The second-order valence-corrected chi connectivity index (χ2v) is 6.18. The number of fused-ring (bicyclic) bond motifs is 1. The van der Waals surface area contributed by atoms with Gasteiger partial charge in [-0.2, -0.15) is 9.61 Å². The normalized spacial score (nSPS) is 11.6. The van der Waals surface area contributed by atoms with E-state index in [0.29, 0.717) is 5.92 Å². The number of benzene rings is 1. The Morgan fingerprint density at radius 2 is 1.95 bits per heavy atom. The maximum Gasteiger partial charge on any atom is 0.234 e. The SMILES string of the molecule is CC(C)c1nnc2sc(Cc3ccc(Cl)cc3)nn12. The molecule has 0 aliphatic rings. The zero-order chi connectivity index (χ0) is 13.4. The zero-order valence-corrected chi connectivity index (χ0v) is 12.2. The summed E-state index contributed by atoms with van der Waals surface area (Å²) < 4.78 is 1.85. The highest BCUT2D eigenvalue weighted by Gasteiger charge is 2.14. The van der Waals surface area contributed by atoms with E-state index in [1.54, 1.807) is 11.3 Å². The van der Waals surface area contributed by atoms with Gasteiger partial charge in [-0.15, -0.1) is 10.2 Å². The van der Waals surface area contributed by atoms with Crippen molar-refractivity contribution in [3.63, 3.8) is 0 Å². The first-order chi connectivity index (χ1) is 9.13. The Morgan fingerprint density at radius 1 is 1.21 bits per heavy atom. The van der Waals surface area contributed by atoms with Gasteiger partial charge < -0.3 is 0 Å². The van der Waals surface area contributed by atoms with Crippen molar-refractivity contribution in [3.05, 3.63) is 45.7 Å². The van der Waals surface area contributed by atoms with E-state index in [2.05, 4.69) is 29.1 Å². The molecule has 0 atom stereocenters. The number of hydrogen-bond donors (Lipinski definition) is 0. The van der Waals surface area contributed by atoms with Gasteiger partial charge in [-0.05, 0) is 17.7 Å². The van der Waals surface area contributed by atoms with Gasteiger partial charge in [0, 0.05) is 17.4 Å². The fourth-order valence-corrected chi connectivity index (χ4v) is 2.88. The highest BCUT2D eigenvalue weighted by atomic mass is 35.5. The van der Waals surface area contributed by atoms with Crippen molar-refractivity contribution in [1.82, 2.24) is 19.8 Å². The molecule has 6 heteroatoms. The Morgan fingerprint density at radius 3 is 2.63 bits per heavy atom. The van der Waals surface area contributed by atoms with Gasteiger partial charge >= 0.3 is 0 Å². The third kappa shape index (κ3) is 2.48. The minimum Gasteiger partial charge on any atom is -0.187 e. The van der Waals surface area contributed by atoms with Crippen molar-refractivity contribution < 1.29 is 0 Å². The highest BCUT2D eigenvalue weighted by Crippen LogP contribution is 2.21. The summed E-state index contributed by atoms with van der Waals surface area (Å²) in [6.45, 7) is 4.18. The summed E-state index contributed by atoms with van der Waals surface area (Å²) in [4.78, 5) is 0.854. The quantitative estimate of drug-likeness (QED) is 0.741. The van der Waals surface area contributed by atoms with Crippen molar-refractivity contribution in [2.75, 3.05) is 0 Å². The standard InChI is InChI=1S/C13H13ClN4S/c1-8(2)12-15-16-13-18(12)17-11(19-13)7-9-3-5-10(14)6-4-9/h3-6,8H,7H2,1-2H3. The van der Waals surface area contributed by atoms with E-state index < -0.39 is 0 Å². The molecule has 2 heterocycles. The molecule has 0 bridgehead atoms. The predicted molar refractivity (Wildman–Crippen MR) is 77.0 cm³/mol. The number of aromatic nitrogens is 4. The third-order valence-corrected chi connectivity index (χ3v) is 3.99. The first kappa shape index (κ1) is 12.6. The van der Waals surface area contributed by atoms with E-state index in [9.17, 15) is 0 Å². The molecular formula is C13H13ClN4S. The van der Waals surface area contributed by atoms with Crippen molar-refractivity contribution in [2.45, 2.75) is 26.2 Å². The minimum atomic E-state index is 0.320. The molecular weight excluding hydrogens is 280 g/mol. The summed E-state index contributed by atoms with van der Waals surface area (Å²) in [5.74, 6) is 1.23. The molecule has 19 heavy (non-hydrogen) atoms. The molecule has 0 saturated heterocycles. The first-order valence-corrected chi connectivity index (χ1v) is 7.28. The predicted octanol–water partition coefficient (Wildman–Crippen LogP) is 3.55. The van der Waals surface area contributed by atoms with Gasteiger partial charge in [-0.1, -0.05) is 48.9 Å². The van der Waals surface area contributed by atoms with Crippen LogP contribution in [0.5, 0.6) is 0 Å². The Labute approximate surface area is 120 Å². The van der Waals surface area contributed by atoms with Gasteiger partial charge in [0.1, 0.15) is 5.01 Å².